The van der Waals surface area contributed by atoms with Crippen LogP contribution in [0.15, 0.2) is 24.3 Å². The van der Waals surface area contributed by atoms with Gasteiger partial charge in [0.15, 0.2) is 6.61 Å². The van der Waals surface area contributed by atoms with E-state index in [1.165, 1.54) is 0 Å². The molecule has 2 amide bonds. The normalized spacial score (nSPS) is 12.0. The van der Waals surface area contributed by atoms with Gasteiger partial charge in [-0.05, 0) is 23.6 Å². The number of nitrogens with one attached hydrogen (secondary N) is 1. The van der Waals surface area contributed by atoms with Gasteiger partial charge >= 0.3 is 0 Å². The molecule has 0 saturated heterocycles. The van der Waals surface area contributed by atoms with E-state index >= 15 is 0 Å². The summed E-state index contributed by atoms with van der Waals surface area (Å²) in [5, 5.41) is 11.5. The lowest BCUT2D eigenvalue weighted by atomic mass is 10.0. The molecule has 0 heterocycles. The largest absolute Gasteiger partial charge is 0.484 e. The zero-order valence-electron chi connectivity index (χ0n) is 11.6. The van der Waals surface area contributed by atoms with Crippen LogP contribution < -0.4 is 15.8 Å². The molecule has 0 fully saturated rings. The van der Waals surface area contributed by atoms with E-state index in [1.54, 1.807) is 6.07 Å². The molecule has 0 aliphatic carbocycles. The summed E-state index contributed by atoms with van der Waals surface area (Å²) in [5.74, 6) is -0.337. The molecule has 0 radical (unpaired) electrons. The number of hydrogen-bond acceptors (Lipinski definition) is 4. The summed E-state index contributed by atoms with van der Waals surface area (Å²) in [6.45, 7) is 3.73. The number of rotatable bonds is 7. The standard InChI is InChI=1S/C14H20N2O4/c1-9(2)10-4-3-5-11(6-10)20-8-13(18)16-7-12(17)14(15)19/h3-6,9,12,17H,7-8H2,1-2H3,(H2,15,19)(H,16,18). The third-order valence-electron chi connectivity index (χ3n) is 2.72. The van der Waals surface area contributed by atoms with Crippen molar-refractivity contribution in [2.24, 2.45) is 5.73 Å². The number of benzene rings is 1. The number of nitrogens with two attached hydrogens (primary N) is 1. The van der Waals surface area contributed by atoms with E-state index in [2.05, 4.69) is 19.2 Å². The van der Waals surface area contributed by atoms with E-state index in [-0.39, 0.29) is 13.2 Å². The molecule has 6 nitrogen and oxygen atoms in total. The van der Waals surface area contributed by atoms with E-state index in [0.717, 1.165) is 5.56 Å². The van der Waals surface area contributed by atoms with Crippen LogP contribution in [0.5, 0.6) is 5.75 Å². The second-order valence-electron chi connectivity index (χ2n) is 4.74. The minimum Gasteiger partial charge on any atom is -0.484 e. The van der Waals surface area contributed by atoms with E-state index in [4.69, 9.17) is 15.6 Å². The number of aliphatic hydroxyl groups is 1. The Morgan fingerprint density at radius 1 is 1.40 bits per heavy atom. The van der Waals surface area contributed by atoms with Gasteiger partial charge in [-0.2, -0.15) is 0 Å². The molecule has 1 atom stereocenters. The highest BCUT2D eigenvalue weighted by molar-refractivity contribution is 5.81. The smallest absolute Gasteiger partial charge is 0.258 e. The Kier molecular flexibility index (Phi) is 5.99. The van der Waals surface area contributed by atoms with Crippen LogP contribution in [0.3, 0.4) is 0 Å². The molecule has 6 heteroatoms. The van der Waals surface area contributed by atoms with Crippen LogP contribution in [0.2, 0.25) is 0 Å². The minimum atomic E-state index is -1.39. The summed E-state index contributed by atoms with van der Waals surface area (Å²) in [6, 6.07) is 7.48. The van der Waals surface area contributed by atoms with Gasteiger partial charge in [0.1, 0.15) is 11.9 Å². The Morgan fingerprint density at radius 2 is 2.10 bits per heavy atom. The van der Waals surface area contributed by atoms with Crippen LogP contribution in [0.4, 0.5) is 0 Å². The van der Waals surface area contributed by atoms with Crippen LogP contribution in [-0.4, -0.2) is 36.2 Å². The predicted octanol–water partition coefficient (Wildman–Crippen LogP) is 0.151. The van der Waals surface area contributed by atoms with Crippen LogP contribution in [0.25, 0.3) is 0 Å². The number of hydrogen-bond donors (Lipinski definition) is 3. The summed E-state index contributed by atoms with van der Waals surface area (Å²) in [5.41, 5.74) is 5.98. The Hall–Kier alpha value is -2.08. The molecule has 0 aromatic heterocycles. The highest BCUT2D eigenvalue weighted by atomic mass is 16.5. The maximum absolute atomic E-state index is 11.5. The third kappa shape index (κ3) is 5.27. The van der Waals surface area contributed by atoms with E-state index < -0.39 is 17.9 Å². The Morgan fingerprint density at radius 3 is 2.70 bits per heavy atom. The van der Waals surface area contributed by atoms with Gasteiger partial charge in [0, 0.05) is 0 Å². The summed E-state index contributed by atoms with van der Waals surface area (Å²) in [6.07, 6.45) is -1.39. The minimum absolute atomic E-state index is 0.187. The molecule has 1 rings (SSSR count). The molecule has 1 unspecified atom stereocenters. The molecule has 1 aromatic carbocycles. The molecule has 0 aliphatic heterocycles. The van der Waals surface area contributed by atoms with Gasteiger partial charge in [-0.1, -0.05) is 26.0 Å². The van der Waals surface area contributed by atoms with Crippen LogP contribution in [0.1, 0.15) is 25.3 Å². The fourth-order valence-corrected chi connectivity index (χ4v) is 1.47. The molecular formula is C14H20N2O4. The van der Waals surface area contributed by atoms with Crippen molar-refractivity contribution >= 4 is 11.8 Å². The molecule has 0 spiro atoms. The van der Waals surface area contributed by atoms with Crippen molar-refractivity contribution in [3.05, 3.63) is 29.8 Å². The van der Waals surface area contributed by atoms with Gasteiger partial charge in [0.25, 0.3) is 5.91 Å². The maximum Gasteiger partial charge on any atom is 0.258 e. The topological polar surface area (TPSA) is 102 Å². The number of aliphatic hydroxyl groups excluding tert-OH is 1. The first kappa shape index (κ1) is 16.0. The van der Waals surface area contributed by atoms with Crippen molar-refractivity contribution in [3.8, 4) is 5.75 Å². The molecule has 1 aromatic rings. The van der Waals surface area contributed by atoms with Crippen molar-refractivity contribution in [2.45, 2.75) is 25.9 Å². The van der Waals surface area contributed by atoms with Gasteiger partial charge in [0.2, 0.25) is 5.91 Å². The van der Waals surface area contributed by atoms with Gasteiger partial charge in [-0.3, -0.25) is 9.59 Å². The first-order chi connectivity index (χ1) is 9.40. The fourth-order valence-electron chi connectivity index (χ4n) is 1.47. The van der Waals surface area contributed by atoms with E-state index in [9.17, 15) is 9.59 Å². The molecule has 20 heavy (non-hydrogen) atoms. The zero-order chi connectivity index (χ0) is 15.1. The first-order valence-corrected chi connectivity index (χ1v) is 6.37. The highest BCUT2D eigenvalue weighted by Gasteiger charge is 2.12. The van der Waals surface area contributed by atoms with E-state index in [0.29, 0.717) is 11.7 Å². The monoisotopic (exact) mass is 280 g/mol. The molecule has 0 bridgehead atoms. The van der Waals surface area contributed by atoms with Crippen molar-refractivity contribution in [3.63, 3.8) is 0 Å². The summed E-state index contributed by atoms with van der Waals surface area (Å²) >= 11 is 0. The second kappa shape index (κ2) is 7.49. The van der Waals surface area contributed by atoms with E-state index in [1.807, 2.05) is 18.2 Å². The summed E-state index contributed by atoms with van der Waals surface area (Å²) < 4.78 is 5.34. The molecule has 0 aliphatic rings. The van der Waals surface area contributed by atoms with Gasteiger partial charge in [-0.15, -0.1) is 0 Å². The van der Waals surface area contributed by atoms with Gasteiger partial charge in [-0.25, -0.2) is 0 Å². The number of amides is 2. The lowest BCUT2D eigenvalue weighted by molar-refractivity contribution is -0.127. The SMILES string of the molecule is CC(C)c1cccc(OCC(=O)NCC(O)C(N)=O)c1. The first-order valence-electron chi connectivity index (χ1n) is 6.37. The third-order valence-corrected chi connectivity index (χ3v) is 2.72. The van der Waals surface area contributed by atoms with Crippen LogP contribution in [0, 0.1) is 0 Å². The Bertz CT molecular complexity index is 474. The Balaban J connectivity index is 2.41. The number of primary amides is 1. The van der Waals surface area contributed by atoms with Gasteiger partial charge in [0.05, 0.1) is 6.54 Å². The van der Waals surface area contributed by atoms with Gasteiger partial charge < -0.3 is 20.9 Å². The quantitative estimate of drug-likeness (QED) is 0.661. The summed E-state index contributed by atoms with van der Waals surface area (Å²) in [7, 11) is 0. The highest BCUT2D eigenvalue weighted by Crippen LogP contribution is 2.19. The molecule has 0 saturated carbocycles. The average Bonchev–Trinajstić information content (AvgIpc) is 2.42. The summed E-state index contributed by atoms with van der Waals surface area (Å²) in [4.78, 5) is 22.0. The van der Waals surface area contributed by atoms with Crippen LogP contribution in [-0.2, 0) is 9.59 Å². The second-order valence-corrected chi connectivity index (χ2v) is 4.74. The number of carbonyl (C=O) groups is 2. The predicted molar refractivity (Wildman–Crippen MR) is 74.2 cm³/mol. The average molecular weight is 280 g/mol. The van der Waals surface area contributed by atoms with Crippen molar-refractivity contribution in [1.82, 2.24) is 5.32 Å². The lowest BCUT2D eigenvalue weighted by Gasteiger charge is -2.11. The molecule has 4 N–H and O–H groups in total. The Labute approximate surface area is 117 Å². The molecular weight excluding hydrogens is 260 g/mol. The van der Waals surface area contributed by atoms with Crippen molar-refractivity contribution in [2.75, 3.05) is 13.2 Å². The zero-order valence-corrected chi connectivity index (χ0v) is 11.6. The van der Waals surface area contributed by atoms with Crippen molar-refractivity contribution < 1.29 is 19.4 Å². The van der Waals surface area contributed by atoms with Crippen molar-refractivity contribution in [1.29, 1.82) is 0 Å². The number of ether oxygens (including phenoxy) is 1. The number of carbonyl (C=O) groups excluding carboxylic acids is 2. The van der Waals surface area contributed by atoms with Crippen LogP contribution >= 0.6 is 0 Å². The lowest BCUT2D eigenvalue weighted by Crippen LogP contribution is -2.41. The fraction of sp³-hybridized carbons (Fsp3) is 0.429. The molecule has 110 valence electrons. The maximum atomic E-state index is 11.5.